The Morgan fingerprint density at radius 1 is 1.26 bits per heavy atom. The first-order valence-corrected chi connectivity index (χ1v) is 8.10. The summed E-state index contributed by atoms with van der Waals surface area (Å²) in [5, 5.41) is 0. The molecule has 1 spiro atoms. The minimum atomic E-state index is 0.0406. The topological polar surface area (TPSA) is 62.7 Å². The van der Waals surface area contributed by atoms with Gasteiger partial charge in [-0.15, -0.1) is 0 Å². The van der Waals surface area contributed by atoms with Crippen LogP contribution in [0.3, 0.4) is 0 Å². The highest BCUT2D eigenvalue weighted by atomic mass is 16.5. The van der Waals surface area contributed by atoms with Crippen molar-refractivity contribution in [2.24, 2.45) is 5.41 Å². The number of carbonyl (C=O) groups is 2. The number of likely N-dealkylation sites (tertiary alicyclic amines) is 2. The zero-order valence-corrected chi connectivity index (χ0v) is 13.5. The Morgan fingerprint density at radius 3 is 2.83 bits per heavy atom. The fourth-order valence-corrected chi connectivity index (χ4v) is 3.75. The molecule has 0 bridgehead atoms. The van der Waals surface area contributed by atoms with E-state index in [2.05, 4.69) is 4.98 Å². The molecule has 6 nitrogen and oxygen atoms in total. The Labute approximate surface area is 136 Å². The van der Waals surface area contributed by atoms with Gasteiger partial charge in [-0.1, -0.05) is 0 Å². The molecule has 0 aliphatic carbocycles. The van der Waals surface area contributed by atoms with Crippen molar-refractivity contribution in [1.29, 1.82) is 0 Å². The molecular weight excluding hydrogens is 294 g/mol. The summed E-state index contributed by atoms with van der Waals surface area (Å²) in [4.78, 5) is 32.5. The maximum Gasteiger partial charge on any atom is 0.255 e. The van der Waals surface area contributed by atoms with E-state index in [1.54, 1.807) is 31.6 Å². The average Bonchev–Trinajstić information content (AvgIpc) is 2.99. The molecule has 2 saturated heterocycles. The minimum Gasteiger partial charge on any atom is -0.375 e. The Morgan fingerprint density at radius 2 is 2.09 bits per heavy atom. The largest absolute Gasteiger partial charge is 0.375 e. The quantitative estimate of drug-likeness (QED) is 0.840. The van der Waals surface area contributed by atoms with Gasteiger partial charge in [0.15, 0.2) is 0 Å². The van der Waals surface area contributed by atoms with Gasteiger partial charge in [0, 0.05) is 51.1 Å². The van der Waals surface area contributed by atoms with Crippen LogP contribution >= 0.6 is 0 Å². The molecule has 0 saturated carbocycles. The zero-order chi connectivity index (χ0) is 16.3. The molecule has 2 fully saturated rings. The van der Waals surface area contributed by atoms with Crippen molar-refractivity contribution < 1.29 is 14.3 Å². The van der Waals surface area contributed by atoms with Gasteiger partial charge in [-0.2, -0.15) is 0 Å². The van der Waals surface area contributed by atoms with Crippen molar-refractivity contribution in [1.82, 2.24) is 14.8 Å². The molecule has 23 heavy (non-hydrogen) atoms. The summed E-state index contributed by atoms with van der Waals surface area (Å²) in [6, 6.07) is 3.59. The van der Waals surface area contributed by atoms with Crippen molar-refractivity contribution in [3.63, 3.8) is 0 Å². The Bertz CT molecular complexity index is 578. The Balaban J connectivity index is 1.67. The fourth-order valence-electron chi connectivity index (χ4n) is 3.75. The highest BCUT2D eigenvalue weighted by Gasteiger charge is 2.43. The third-order valence-electron chi connectivity index (χ3n) is 4.92. The number of ether oxygens (including phenoxy) is 1. The fraction of sp³-hybridized carbons (Fsp3) is 0.588. The Hall–Kier alpha value is -1.95. The van der Waals surface area contributed by atoms with Gasteiger partial charge < -0.3 is 14.5 Å². The predicted octanol–water partition coefficient (Wildman–Crippen LogP) is 1.18. The zero-order valence-electron chi connectivity index (χ0n) is 13.5. The van der Waals surface area contributed by atoms with Crippen LogP contribution in [0.15, 0.2) is 24.5 Å². The van der Waals surface area contributed by atoms with Crippen molar-refractivity contribution in [3.8, 4) is 0 Å². The number of pyridine rings is 1. The Kier molecular flexibility index (Phi) is 4.61. The van der Waals surface area contributed by atoms with E-state index >= 15 is 0 Å². The molecule has 0 unspecified atom stereocenters. The summed E-state index contributed by atoms with van der Waals surface area (Å²) < 4.78 is 4.95. The van der Waals surface area contributed by atoms with E-state index in [1.807, 2.05) is 9.80 Å². The van der Waals surface area contributed by atoms with Crippen LogP contribution in [0.25, 0.3) is 0 Å². The molecule has 1 aromatic rings. The number of piperidine rings is 1. The maximum absolute atomic E-state index is 12.6. The molecule has 0 N–H and O–H groups in total. The first-order valence-electron chi connectivity index (χ1n) is 8.10. The van der Waals surface area contributed by atoms with Crippen LogP contribution in [0, 0.1) is 5.41 Å². The number of aromatic nitrogens is 1. The second-order valence-corrected chi connectivity index (χ2v) is 6.57. The van der Waals surface area contributed by atoms with E-state index in [4.69, 9.17) is 4.74 Å². The van der Waals surface area contributed by atoms with E-state index in [9.17, 15) is 9.59 Å². The third-order valence-corrected chi connectivity index (χ3v) is 4.92. The van der Waals surface area contributed by atoms with Gasteiger partial charge in [-0.25, -0.2) is 0 Å². The molecule has 2 amide bonds. The number of methoxy groups -OCH3 is 1. The van der Waals surface area contributed by atoms with Crippen LogP contribution in [-0.4, -0.2) is 66.5 Å². The molecule has 1 atom stereocenters. The van der Waals surface area contributed by atoms with E-state index < -0.39 is 0 Å². The van der Waals surface area contributed by atoms with Gasteiger partial charge in [-0.3, -0.25) is 14.6 Å². The number of hydrogen-bond donors (Lipinski definition) is 0. The molecule has 0 radical (unpaired) electrons. The predicted molar refractivity (Wildman–Crippen MR) is 84.9 cm³/mol. The molecule has 3 rings (SSSR count). The standard InChI is InChI=1S/C17H23N3O3/c1-23-11-15(21)19-9-6-17(12-19)5-3-8-20(13-17)16(22)14-4-2-7-18-10-14/h2,4,7,10H,3,5-6,8-9,11-13H2,1H3/t17-/m1/s1. The SMILES string of the molecule is COCC(=O)N1CC[C@]2(CCCN(C(=O)c3cccnc3)C2)C1. The van der Waals surface area contributed by atoms with Crippen molar-refractivity contribution in [3.05, 3.63) is 30.1 Å². The van der Waals surface area contributed by atoms with Gasteiger partial charge in [0.1, 0.15) is 6.61 Å². The van der Waals surface area contributed by atoms with Crippen LogP contribution < -0.4 is 0 Å². The summed E-state index contributed by atoms with van der Waals surface area (Å²) >= 11 is 0. The van der Waals surface area contributed by atoms with Crippen molar-refractivity contribution in [2.75, 3.05) is 39.9 Å². The molecule has 0 aromatic carbocycles. The van der Waals surface area contributed by atoms with Crippen molar-refractivity contribution in [2.45, 2.75) is 19.3 Å². The second kappa shape index (κ2) is 6.66. The van der Waals surface area contributed by atoms with Crippen LogP contribution in [0.2, 0.25) is 0 Å². The number of rotatable bonds is 3. The van der Waals surface area contributed by atoms with Crippen LogP contribution in [0.4, 0.5) is 0 Å². The van der Waals surface area contributed by atoms with E-state index in [0.717, 1.165) is 45.4 Å². The van der Waals surface area contributed by atoms with Gasteiger partial charge >= 0.3 is 0 Å². The monoisotopic (exact) mass is 317 g/mol. The second-order valence-electron chi connectivity index (χ2n) is 6.57. The van der Waals surface area contributed by atoms with Gasteiger partial charge in [0.05, 0.1) is 5.56 Å². The number of nitrogens with zero attached hydrogens (tertiary/aromatic N) is 3. The number of hydrogen-bond acceptors (Lipinski definition) is 4. The first kappa shape index (κ1) is 15.9. The third kappa shape index (κ3) is 3.37. The van der Waals surface area contributed by atoms with E-state index in [1.165, 1.54) is 0 Å². The van der Waals surface area contributed by atoms with Gasteiger partial charge in [-0.05, 0) is 31.4 Å². The summed E-state index contributed by atoms with van der Waals surface area (Å²) in [7, 11) is 1.54. The van der Waals surface area contributed by atoms with Gasteiger partial charge in [0.25, 0.3) is 5.91 Å². The lowest BCUT2D eigenvalue weighted by molar-refractivity contribution is -0.134. The summed E-state index contributed by atoms with van der Waals surface area (Å²) in [6.07, 6.45) is 6.30. The smallest absolute Gasteiger partial charge is 0.255 e. The first-order chi connectivity index (χ1) is 11.1. The van der Waals surface area contributed by atoms with Crippen molar-refractivity contribution >= 4 is 11.8 Å². The van der Waals surface area contributed by atoms with Crippen LogP contribution in [0.5, 0.6) is 0 Å². The van der Waals surface area contributed by atoms with E-state index in [-0.39, 0.29) is 23.8 Å². The lowest BCUT2D eigenvalue weighted by Gasteiger charge is -2.40. The summed E-state index contributed by atoms with van der Waals surface area (Å²) in [5.74, 6) is 0.0823. The highest BCUT2D eigenvalue weighted by Crippen LogP contribution is 2.39. The highest BCUT2D eigenvalue weighted by molar-refractivity contribution is 5.94. The molecule has 3 heterocycles. The van der Waals surface area contributed by atoms with E-state index in [0.29, 0.717) is 5.56 Å². The number of carbonyl (C=O) groups excluding carboxylic acids is 2. The van der Waals surface area contributed by atoms with Crippen LogP contribution in [-0.2, 0) is 9.53 Å². The molecule has 124 valence electrons. The molecule has 2 aliphatic rings. The average molecular weight is 317 g/mol. The molecule has 1 aromatic heterocycles. The summed E-state index contributed by atoms with van der Waals surface area (Å²) in [5.41, 5.74) is 0.675. The maximum atomic E-state index is 12.6. The lowest BCUT2D eigenvalue weighted by Crippen LogP contribution is -2.48. The molecule has 6 heteroatoms. The summed E-state index contributed by atoms with van der Waals surface area (Å²) in [6.45, 7) is 3.12. The van der Waals surface area contributed by atoms with Crippen LogP contribution in [0.1, 0.15) is 29.6 Å². The molecular formula is C17H23N3O3. The lowest BCUT2D eigenvalue weighted by atomic mass is 9.79. The van der Waals surface area contributed by atoms with Gasteiger partial charge in [0.2, 0.25) is 5.91 Å². The number of amides is 2. The molecule has 2 aliphatic heterocycles. The normalized spacial score (nSPS) is 24.2. The minimum absolute atomic E-state index is 0.0406.